The van der Waals surface area contributed by atoms with Gasteiger partial charge in [0.05, 0.1) is 6.61 Å². The Hall–Kier alpha value is -1.30. The van der Waals surface area contributed by atoms with E-state index >= 15 is 0 Å². The second-order valence-corrected chi connectivity index (χ2v) is 3.76. The van der Waals surface area contributed by atoms with Gasteiger partial charge in [0, 0.05) is 13.1 Å². The van der Waals surface area contributed by atoms with E-state index in [-0.39, 0.29) is 19.1 Å². The molecule has 1 aliphatic heterocycles. The van der Waals surface area contributed by atoms with Gasteiger partial charge in [0.1, 0.15) is 12.6 Å². The van der Waals surface area contributed by atoms with Gasteiger partial charge in [0.15, 0.2) is 0 Å². The number of likely N-dealkylation sites (tertiary alicyclic amines) is 1. The lowest BCUT2D eigenvalue weighted by Gasteiger charge is -2.20. The zero-order valence-electron chi connectivity index (χ0n) is 9.44. The topological polar surface area (TPSA) is 78.9 Å². The number of carbonyl (C=O) groups is 2. The minimum atomic E-state index is -0.672. The second kappa shape index (κ2) is 6.32. The third-order valence-electron chi connectivity index (χ3n) is 2.45. The monoisotopic (exact) mass is 230 g/mol. The highest BCUT2D eigenvalue weighted by Gasteiger charge is 2.24. The molecule has 0 radical (unpaired) electrons. The van der Waals surface area contributed by atoms with E-state index in [2.05, 4.69) is 10.1 Å². The first-order chi connectivity index (χ1) is 7.65. The summed E-state index contributed by atoms with van der Waals surface area (Å²) in [6.45, 7) is 2.87. The Kier molecular flexibility index (Phi) is 5.04. The summed E-state index contributed by atoms with van der Waals surface area (Å²) in [5, 5.41) is 10.9. The zero-order valence-corrected chi connectivity index (χ0v) is 9.44. The van der Waals surface area contributed by atoms with Gasteiger partial charge >= 0.3 is 6.09 Å². The van der Waals surface area contributed by atoms with Crippen LogP contribution in [0.4, 0.5) is 4.79 Å². The lowest BCUT2D eigenvalue weighted by Crippen LogP contribution is -2.46. The molecule has 1 unspecified atom stereocenters. The molecule has 0 bridgehead atoms. The van der Waals surface area contributed by atoms with Crippen LogP contribution >= 0.6 is 0 Å². The Morgan fingerprint density at radius 3 is 2.62 bits per heavy atom. The van der Waals surface area contributed by atoms with Crippen molar-refractivity contribution in [3.63, 3.8) is 0 Å². The molecular formula is C10H18N2O4. The Balaban J connectivity index is 2.30. The number of amides is 2. The van der Waals surface area contributed by atoms with Crippen LogP contribution in [0.15, 0.2) is 0 Å². The normalized spacial score (nSPS) is 17.0. The summed E-state index contributed by atoms with van der Waals surface area (Å²) in [4.78, 5) is 24.6. The maximum absolute atomic E-state index is 11.8. The molecule has 1 fully saturated rings. The van der Waals surface area contributed by atoms with Crippen LogP contribution in [0, 0.1) is 0 Å². The van der Waals surface area contributed by atoms with Crippen LogP contribution in [0.25, 0.3) is 0 Å². The number of rotatable bonds is 4. The standard InChI is InChI=1S/C10H18N2O4/c1-8(11-10(15)16-7-6-13)9(14)12-4-2-3-5-12/h8,13H,2-7H2,1H3,(H,11,15). The first-order valence-electron chi connectivity index (χ1n) is 5.48. The molecule has 2 amide bonds. The number of hydrogen-bond acceptors (Lipinski definition) is 4. The maximum Gasteiger partial charge on any atom is 0.407 e. The molecule has 16 heavy (non-hydrogen) atoms. The Labute approximate surface area is 94.6 Å². The zero-order chi connectivity index (χ0) is 12.0. The third kappa shape index (κ3) is 3.69. The van der Waals surface area contributed by atoms with Gasteiger partial charge in [-0.25, -0.2) is 4.79 Å². The molecule has 1 heterocycles. The second-order valence-electron chi connectivity index (χ2n) is 3.76. The van der Waals surface area contributed by atoms with Gasteiger partial charge < -0.3 is 20.1 Å². The molecule has 0 aromatic carbocycles. The van der Waals surface area contributed by atoms with Crippen LogP contribution in [0.3, 0.4) is 0 Å². The van der Waals surface area contributed by atoms with Crippen LogP contribution in [0.5, 0.6) is 0 Å². The molecule has 2 N–H and O–H groups in total. The molecule has 6 heteroatoms. The van der Waals surface area contributed by atoms with Gasteiger partial charge in [-0.15, -0.1) is 0 Å². The number of carbonyl (C=O) groups excluding carboxylic acids is 2. The van der Waals surface area contributed by atoms with E-state index in [1.54, 1.807) is 11.8 Å². The highest BCUT2D eigenvalue weighted by molar-refractivity contribution is 5.85. The Morgan fingerprint density at radius 2 is 2.06 bits per heavy atom. The summed E-state index contributed by atoms with van der Waals surface area (Å²) in [7, 11) is 0. The smallest absolute Gasteiger partial charge is 0.407 e. The minimum absolute atomic E-state index is 0.0591. The largest absolute Gasteiger partial charge is 0.447 e. The summed E-state index contributed by atoms with van der Waals surface area (Å²) in [5.74, 6) is -0.0848. The molecular weight excluding hydrogens is 212 g/mol. The molecule has 92 valence electrons. The number of nitrogens with one attached hydrogen (secondary N) is 1. The van der Waals surface area contributed by atoms with Crippen LogP contribution in [0.2, 0.25) is 0 Å². The van der Waals surface area contributed by atoms with Crippen LogP contribution < -0.4 is 5.32 Å². The van der Waals surface area contributed by atoms with Crippen molar-refractivity contribution in [2.45, 2.75) is 25.8 Å². The number of ether oxygens (including phenoxy) is 1. The van der Waals surface area contributed by atoms with Crippen molar-refractivity contribution in [3.05, 3.63) is 0 Å². The van der Waals surface area contributed by atoms with Crippen molar-refractivity contribution in [1.29, 1.82) is 0 Å². The number of hydrogen-bond donors (Lipinski definition) is 2. The molecule has 1 rings (SSSR count). The first kappa shape index (κ1) is 12.8. The van der Waals surface area contributed by atoms with E-state index in [1.807, 2.05) is 0 Å². The van der Waals surface area contributed by atoms with Crippen molar-refractivity contribution >= 4 is 12.0 Å². The highest BCUT2D eigenvalue weighted by atomic mass is 16.6. The molecule has 0 aliphatic carbocycles. The number of alkyl carbamates (subject to hydrolysis) is 1. The molecule has 1 atom stereocenters. The number of aliphatic hydroxyl groups is 1. The summed E-state index contributed by atoms with van der Waals surface area (Å²) in [5.41, 5.74) is 0. The van der Waals surface area contributed by atoms with Crippen LogP contribution in [0.1, 0.15) is 19.8 Å². The molecule has 0 aromatic heterocycles. The SMILES string of the molecule is CC(NC(=O)OCCO)C(=O)N1CCCC1. The Bertz CT molecular complexity index is 251. The van der Waals surface area contributed by atoms with Crippen molar-refractivity contribution in [3.8, 4) is 0 Å². The van der Waals surface area contributed by atoms with Crippen molar-refractivity contribution in [1.82, 2.24) is 10.2 Å². The molecule has 0 spiro atoms. The van der Waals surface area contributed by atoms with Crippen LogP contribution in [-0.2, 0) is 9.53 Å². The van der Waals surface area contributed by atoms with E-state index in [0.717, 1.165) is 25.9 Å². The highest BCUT2D eigenvalue weighted by Crippen LogP contribution is 2.08. The van der Waals surface area contributed by atoms with Crippen molar-refractivity contribution in [2.24, 2.45) is 0 Å². The lowest BCUT2D eigenvalue weighted by molar-refractivity contribution is -0.131. The fourth-order valence-electron chi connectivity index (χ4n) is 1.63. The minimum Gasteiger partial charge on any atom is -0.447 e. The average molecular weight is 230 g/mol. The van der Waals surface area contributed by atoms with E-state index in [9.17, 15) is 9.59 Å². The lowest BCUT2D eigenvalue weighted by atomic mass is 10.3. The first-order valence-corrected chi connectivity index (χ1v) is 5.48. The quantitative estimate of drug-likeness (QED) is 0.696. The van der Waals surface area contributed by atoms with Gasteiger partial charge in [-0.3, -0.25) is 4.79 Å². The molecule has 1 saturated heterocycles. The fourth-order valence-corrected chi connectivity index (χ4v) is 1.63. The van der Waals surface area contributed by atoms with Gasteiger partial charge in [0.25, 0.3) is 0 Å². The fraction of sp³-hybridized carbons (Fsp3) is 0.800. The average Bonchev–Trinajstić information content (AvgIpc) is 2.78. The van der Waals surface area contributed by atoms with Gasteiger partial charge in [0.2, 0.25) is 5.91 Å². The summed E-state index contributed by atoms with van der Waals surface area (Å²) >= 11 is 0. The Morgan fingerprint density at radius 1 is 1.44 bits per heavy atom. The third-order valence-corrected chi connectivity index (χ3v) is 2.45. The van der Waals surface area contributed by atoms with Gasteiger partial charge in [-0.05, 0) is 19.8 Å². The molecule has 0 saturated carbocycles. The van der Waals surface area contributed by atoms with E-state index in [0.29, 0.717) is 0 Å². The maximum atomic E-state index is 11.8. The summed E-state index contributed by atoms with van der Waals surface area (Å²) in [6.07, 6.45) is 1.37. The van der Waals surface area contributed by atoms with E-state index in [1.165, 1.54) is 0 Å². The van der Waals surface area contributed by atoms with Gasteiger partial charge in [-0.1, -0.05) is 0 Å². The van der Waals surface area contributed by atoms with Crippen molar-refractivity contribution < 1.29 is 19.4 Å². The summed E-state index contributed by atoms with van der Waals surface area (Å²) < 4.78 is 4.60. The molecule has 6 nitrogen and oxygen atoms in total. The van der Waals surface area contributed by atoms with Gasteiger partial charge in [-0.2, -0.15) is 0 Å². The summed E-state index contributed by atoms with van der Waals surface area (Å²) in [6, 6.07) is -0.579. The predicted molar refractivity (Wildman–Crippen MR) is 56.8 cm³/mol. The molecule has 1 aliphatic rings. The predicted octanol–water partition coefficient (Wildman–Crippen LogP) is -0.284. The molecule has 0 aromatic rings. The van der Waals surface area contributed by atoms with E-state index < -0.39 is 12.1 Å². The van der Waals surface area contributed by atoms with Crippen LogP contribution in [-0.4, -0.2) is 54.4 Å². The number of nitrogens with zero attached hydrogens (tertiary/aromatic N) is 1. The van der Waals surface area contributed by atoms with Crippen molar-refractivity contribution in [2.75, 3.05) is 26.3 Å². The number of aliphatic hydroxyl groups excluding tert-OH is 1. The van der Waals surface area contributed by atoms with E-state index in [4.69, 9.17) is 5.11 Å².